The van der Waals surface area contributed by atoms with E-state index in [0.29, 0.717) is 46.0 Å². The van der Waals surface area contributed by atoms with E-state index in [9.17, 15) is 27.2 Å². The lowest BCUT2D eigenvalue weighted by molar-refractivity contribution is -0.137. The number of hydrogen-bond donors (Lipinski definition) is 3. The smallest absolute Gasteiger partial charge is 0.416 e. The highest BCUT2D eigenvalue weighted by Gasteiger charge is 2.31. The van der Waals surface area contributed by atoms with Gasteiger partial charge < -0.3 is 32.5 Å². The molecular weight excluding hydrogens is 540 g/mol. The molecule has 0 radical (unpaired) electrons. The maximum Gasteiger partial charge on any atom is 0.416 e. The van der Waals surface area contributed by atoms with Gasteiger partial charge >= 0.3 is 18.3 Å². The first kappa shape index (κ1) is 27.5. The van der Waals surface area contributed by atoms with E-state index in [1.54, 1.807) is 30.3 Å². The van der Waals surface area contributed by atoms with Crippen molar-refractivity contribution in [3.63, 3.8) is 0 Å². The Labute approximate surface area is 217 Å². The van der Waals surface area contributed by atoms with Crippen molar-refractivity contribution >= 4 is 50.2 Å². The van der Waals surface area contributed by atoms with Crippen LogP contribution in [0.5, 0.6) is 11.5 Å². The van der Waals surface area contributed by atoms with E-state index >= 15 is 0 Å². The lowest BCUT2D eigenvalue weighted by atomic mass is 10.2. The average molecular weight is 556 g/mol. The molecule has 0 fully saturated rings. The fourth-order valence-electron chi connectivity index (χ4n) is 2.98. The summed E-state index contributed by atoms with van der Waals surface area (Å²) in [5, 5.41) is 7.34. The van der Waals surface area contributed by atoms with Gasteiger partial charge in [0.05, 0.1) is 28.6 Å². The number of urea groups is 1. The van der Waals surface area contributed by atoms with Crippen LogP contribution in [-0.2, 0) is 10.9 Å². The van der Waals surface area contributed by atoms with Crippen molar-refractivity contribution in [3.8, 4) is 11.5 Å². The second kappa shape index (κ2) is 11.3. The molecule has 0 aliphatic rings. The summed E-state index contributed by atoms with van der Waals surface area (Å²) in [6.07, 6.45) is -5.31. The van der Waals surface area contributed by atoms with Crippen LogP contribution in [0, 0.1) is 5.82 Å². The largest absolute Gasteiger partial charge is 1.00 e. The summed E-state index contributed by atoms with van der Waals surface area (Å²) in [5.41, 5.74) is -0.746. The van der Waals surface area contributed by atoms with E-state index < -0.39 is 35.4 Å². The standard InChI is InChI=1S/C23H16F4N4O4S.ClH/c1-34-22(33)31-21-30-17-9-7-15(11-19(17)36-21)35-14-5-3-13(4-6-14)28-20(32)29-18-10-12(23(25,26)27)2-8-16(18)24;/h2-11H,1H3,(H2,28,29,32)(H,30,31,33);1H/p-1. The zero-order chi connectivity index (χ0) is 25.9. The van der Waals surface area contributed by atoms with E-state index in [2.05, 4.69) is 25.7 Å². The third-order valence-corrected chi connectivity index (χ3v) is 5.58. The van der Waals surface area contributed by atoms with Crippen molar-refractivity contribution < 1.29 is 49.0 Å². The third-order valence-electron chi connectivity index (χ3n) is 4.64. The Morgan fingerprint density at radius 3 is 2.30 bits per heavy atom. The molecule has 3 amide bonds. The molecule has 0 spiro atoms. The summed E-state index contributed by atoms with van der Waals surface area (Å²) < 4.78 is 63.4. The molecule has 194 valence electrons. The quantitative estimate of drug-likeness (QED) is 0.322. The molecule has 37 heavy (non-hydrogen) atoms. The number of fused-ring (bicyclic) bond motifs is 1. The number of carbonyl (C=O) groups excluding carboxylic acids is 2. The molecule has 4 aromatic rings. The van der Waals surface area contributed by atoms with Gasteiger partial charge in [0.25, 0.3) is 0 Å². The predicted molar refractivity (Wildman–Crippen MR) is 126 cm³/mol. The van der Waals surface area contributed by atoms with Crippen molar-refractivity contribution in [3.05, 3.63) is 72.0 Å². The van der Waals surface area contributed by atoms with Gasteiger partial charge in [-0.3, -0.25) is 5.32 Å². The molecule has 1 heterocycles. The number of anilines is 3. The van der Waals surface area contributed by atoms with E-state index in [1.807, 2.05) is 0 Å². The topological polar surface area (TPSA) is 102 Å². The Morgan fingerprint density at radius 1 is 0.919 bits per heavy atom. The van der Waals surface area contributed by atoms with Gasteiger partial charge in [0.1, 0.15) is 17.3 Å². The van der Waals surface area contributed by atoms with E-state index in [1.165, 1.54) is 30.6 Å². The lowest BCUT2D eigenvalue weighted by Crippen LogP contribution is -3.00. The van der Waals surface area contributed by atoms with Gasteiger partial charge in [0, 0.05) is 11.8 Å². The summed E-state index contributed by atoms with van der Waals surface area (Å²) in [4.78, 5) is 27.7. The number of hydrogen-bond acceptors (Lipinski definition) is 6. The third kappa shape index (κ3) is 6.98. The molecule has 1 aromatic heterocycles. The first-order valence-corrected chi connectivity index (χ1v) is 10.9. The van der Waals surface area contributed by atoms with Crippen LogP contribution in [0.4, 0.5) is 43.7 Å². The zero-order valence-electron chi connectivity index (χ0n) is 18.7. The molecule has 8 nitrogen and oxygen atoms in total. The van der Waals surface area contributed by atoms with Crippen LogP contribution in [-0.4, -0.2) is 24.2 Å². The van der Waals surface area contributed by atoms with E-state index in [0.717, 1.165) is 4.70 Å². The van der Waals surface area contributed by atoms with Crippen LogP contribution in [0.1, 0.15) is 5.56 Å². The first-order valence-electron chi connectivity index (χ1n) is 10.1. The van der Waals surface area contributed by atoms with Crippen molar-refractivity contribution in [1.82, 2.24) is 4.98 Å². The number of benzene rings is 3. The molecule has 0 saturated carbocycles. The number of ether oxygens (including phenoxy) is 2. The average Bonchev–Trinajstić information content (AvgIpc) is 3.22. The van der Waals surface area contributed by atoms with Gasteiger partial charge in [0.15, 0.2) is 5.13 Å². The molecule has 0 saturated heterocycles. The number of halogens is 5. The minimum Gasteiger partial charge on any atom is -1.00 e. The van der Waals surface area contributed by atoms with Gasteiger partial charge in [-0.25, -0.2) is 19.0 Å². The highest BCUT2D eigenvalue weighted by Crippen LogP contribution is 2.33. The number of methoxy groups -OCH3 is 1. The summed E-state index contributed by atoms with van der Waals surface area (Å²) in [6, 6.07) is 12.1. The number of nitrogens with one attached hydrogen (secondary N) is 3. The number of carbonyl (C=O) groups is 2. The Morgan fingerprint density at radius 2 is 1.62 bits per heavy atom. The molecule has 3 N–H and O–H groups in total. The lowest BCUT2D eigenvalue weighted by Gasteiger charge is -2.12. The van der Waals surface area contributed by atoms with Gasteiger partial charge in [-0.2, -0.15) is 13.2 Å². The molecule has 14 heteroatoms. The second-order valence-corrected chi connectivity index (χ2v) is 8.19. The Hall–Kier alpha value is -4.10. The van der Waals surface area contributed by atoms with Crippen molar-refractivity contribution in [2.45, 2.75) is 6.18 Å². The number of thiazole rings is 1. The van der Waals surface area contributed by atoms with Crippen molar-refractivity contribution in [2.24, 2.45) is 0 Å². The highest BCUT2D eigenvalue weighted by atomic mass is 35.5. The number of aromatic nitrogens is 1. The van der Waals surface area contributed by atoms with Crippen LogP contribution in [0.3, 0.4) is 0 Å². The van der Waals surface area contributed by atoms with E-state index in [-0.39, 0.29) is 12.4 Å². The highest BCUT2D eigenvalue weighted by molar-refractivity contribution is 7.22. The number of nitrogens with zero attached hydrogens (tertiary/aromatic N) is 1. The Bertz CT molecular complexity index is 1430. The predicted octanol–water partition coefficient (Wildman–Crippen LogP) is 4.07. The maximum atomic E-state index is 13.8. The summed E-state index contributed by atoms with van der Waals surface area (Å²) in [5.74, 6) is -0.0797. The maximum absolute atomic E-state index is 13.8. The molecule has 0 aliphatic carbocycles. The molecular formula is C23H16ClF4N4O4S-. The SMILES string of the molecule is COC(=O)Nc1nc2ccc(Oc3ccc(NC(=O)Nc4cc(C(F)(F)F)ccc4F)cc3)cc2s1.[Cl-]. The summed E-state index contributed by atoms with van der Waals surface area (Å²) >= 11 is 1.23. The number of amides is 3. The minimum atomic E-state index is -4.68. The second-order valence-electron chi connectivity index (χ2n) is 7.16. The first-order chi connectivity index (χ1) is 17.1. The van der Waals surface area contributed by atoms with E-state index in [4.69, 9.17) is 4.74 Å². The van der Waals surface area contributed by atoms with Crippen LogP contribution in [0.25, 0.3) is 10.2 Å². The summed E-state index contributed by atoms with van der Waals surface area (Å²) in [7, 11) is 1.25. The molecule has 0 atom stereocenters. The summed E-state index contributed by atoms with van der Waals surface area (Å²) in [6.45, 7) is 0. The van der Waals surface area contributed by atoms with Crippen LogP contribution >= 0.6 is 11.3 Å². The fourth-order valence-corrected chi connectivity index (χ4v) is 3.86. The normalized spacial score (nSPS) is 10.8. The molecule has 0 unspecified atom stereocenters. The monoisotopic (exact) mass is 555 g/mol. The Balaban J connectivity index is 0.00000380. The van der Waals surface area contributed by atoms with Gasteiger partial charge in [-0.1, -0.05) is 11.3 Å². The van der Waals surface area contributed by atoms with Gasteiger partial charge in [-0.05, 0) is 54.6 Å². The zero-order valence-corrected chi connectivity index (χ0v) is 20.2. The van der Waals surface area contributed by atoms with Crippen molar-refractivity contribution in [1.29, 1.82) is 0 Å². The fraction of sp³-hybridized carbons (Fsp3) is 0.0870. The minimum absolute atomic E-state index is 0. The molecule has 0 aliphatic heterocycles. The number of alkyl halides is 3. The van der Waals surface area contributed by atoms with Gasteiger partial charge in [0.2, 0.25) is 0 Å². The van der Waals surface area contributed by atoms with Crippen LogP contribution in [0.15, 0.2) is 60.7 Å². The van der Waals surface area contributed by atoms with Gasteiger partial charge in [-0.15, -0.1) is 0 Å². The van der Waals surface area contributed by atoms with Crippen LogP contribution < -0.4 is 33.1 Å². The van der Waals surface area contributed by atoms with Crippen LogP contribution in [0.2, 0.25) is 0 Å². The Kier molecular flexibility index (Phi) is 8.40. The molecule has 0 bridgehead atoms. The number of rotatable bonds is 5. The van der Waals surface area contributed by atoms with Crippen molar-refractivity contribution in [2.75, 3.05) is 23.1 Å². The molecule has 4 rings (SSSR count). The molecule has 3 aromatic carbocycles.